The minimum Gasteiger partial charge on any atom is -0.493 e. The molecule has 0 aliphatic rings. The number of ether oxygens (including phenoxy) is 2. The summed E-state index contributed by atoms with van der Waals surface area (Å²) in [6.07, 6.45) is 1.86. The summed E-state index contributed by atoms with van der Waals surface area (Å²) in [7, 11) is 1.53. The summed E-state index contributed by atoms with van der Waals surface area (Å²) in [4.78, 5) is 8.40. The second-order valence-corrected chi connectivity index (χ2v) is 4.74. The summed E-state index contributed by atoms with van der Waals surface area (Å²) >= 11 is 1.38. The average Bonchev–Trinajstić information content (AvgIpc) is 2.54. The molecule has 4 N–H and O–H groups in total. The van der Waals surface area contributed by atoms with E-state index >= 15 is 0 Å². The van der Waals surface area contributed by atoms with Crippen molar-refractivity contribution in [3.8, 4) is 17.4 Å². The molecule has 112 valence electrons. The van der Waals surface area contributed by atoms with Crippen molar-refractivity contribution in [3.63, 3.8) is 0 Å². The van der Waals surface area contributed by atoms with Crippen LogP contribution < -0.4 is 20.7 Å². The average molecular weight is 308 g/mol. The van der Waals surface area contributed by atoms with E-state index in [-0.39, 0.29) is 6.61 Å². The van der Waals surface area contributed by atoms with Crippen molar-refractivity contribution in [1.82, 2.24) is 9.97 Å². The van der Waals surface area contributed by atoms with Crippen molar-refractivity contribution >= 4 is 17.6 Å². The van der Waals surface area contributed by atoms with Gasteiger partial charge < -0.3 is 20.0 Å². The Hall–Kier alpha value is -2.03. The predicted molar refractivity (Wildman–Crippen MR) is 80.6 cm³/mol. The van der Waals surface area contributed by atoms with Crippen LogP contribution >= 0.6 is 11.8 Å². The number of nitrogens with two attached hydrogens (primary N) is 1. The van der Waals surface area contributed by atoms with Gasteiger partial charge in [0, 0.05) is 6.07 Å². The number of hydrogen-bond acceptors (Lipinski definition) is 8. The molecular weight excluding hydrogens is 292 g/mol. The summed E-state index contributed by atoms with van der Waals surface area (Å²) in [5.74, 6) is 7.17. The van der Waals surface area contributed by atoms with E-state index in [1.165, 1.54) is 18.9 Å². The topological polar surface area (TPSA) is 103 Å². The third kappa shape index (κ3) is 3.75. The van der Waals surface area contributed by atoms with Crippen molar-refractivity contribution in [2.24, 2.45) is 5.84 Å². The molecule has 0 unspecified atom stereocenters. The summed E-state index contributed by atoms with van der Waals surface area (Å²) in [5.41, 5.74) is 3.20. The SMILES string of the molecule is COc1cc(CO)ccc1Oc1cc(NN)nc(SC)n1. The number of hydrogen-bond donors (Lipinski definition) is 3. The smallest absolute Gasteiger partial charge is 0.225 e. The zero-order valence-electron chi connectivity index (χ0n) is 11.7. The number of hydrazine groups is 1. The number of aliphatic hydroxyl groups excluding tert-OH is 1. The van der Waals surface area contributed by atoms with Gasteiger partial charge in [-0.15, -0.1) is 0 Å². The summed E-state index contributed by atoms with van der Waals surface area (Å²) in [5, 5.41) is 9.67. The lowest BCUT2D eigenvalue weighted by atomic mass is 10.2. The highest BCUT2D eigenvalue weighted by atomic mass is 32.2. The standard InChI is InChI=1S/C13H16N4O3S/c1-19-10-5-8(7-18)3-4-9(10)20-12-6-11(17-14)15-13(16-12)21-2/h3-6,18H,7,14H2,1-2H3,(H,15,16,17). The van der Waals surface area contributed by atoms with Crippen LogP contribution in [-0.2, 0) is 6.61 Å². The molecule has 0 atom stereocenters. The molecule has 0 saturated carbocycles. The largest absolute Gasteiger partial charge is 0.493 e. The van der Waals surface area contributed by atoms with Gasteiger partial charge in [-0.3, -0.25) is 0 Å². The molecule has 0 spiro atoms. The molecule has 21 heavy (non-hydrogen) atoms. The summed E-state index contributed by atoms with van der Waals surface area (Å²) < 4.78 is 11.0. The van der Waals surface area contributed by atoms with E-state index in [0.29, 0.717) is 28.4 Å². The fourth-order valence-electron chi connectivity index (χ4n) is 1.63. The van der Waals surface area contributed by atoms with Crippen LogP contribution in [0.4, 0.5) is 5.82 Å². The Bertz CT molecular complexity index is 602. The van der Waals surface area contributed by atoms with Gasteiger partial charge in [-0.2, -0.15) is 4.98 Å². The quantitative estimate of drug-likeness (QED) is 0.321. The molecule has 2 aromatic rings. The van der Waals surface area contributed by atoms with Crippen LogP contribution in [0.3, 0.4) is 0 Å². The number of nitrogen functional groups attached to an aromatic ring is 1. The van der Waals surface area contributed by atoms with Gasteiger partial charge in [-0.05, 0) is 24.0 Å². The Morgan fingerprint density at radius 3 is 2.71 bits per heavy atom. The van der Waals surface area contributed by atoms with E-state index in [1.54, 1.807) is 24.3 Å². The van der Waals surface area contributed by atoms with Crippen LogP contribution in [0, 0.1) is 0 Å². The Labute approximate surface area is 126 Å². The van der Waals surface area contributed by atoms with Crippen molar-refractivity contribution in [3.05, 3.63) is 29.8 Å². The Morgan fingerprint density at radius 1 is 1.29 bits per heavy atom. The van der Waals surface area contributed by atoms with Crippen molar-refractivity contribution in [2.75, 3.05) is 18.8 Å². The number of nitrogens with zero attached hydrogens (tertiary/aromatic N) is 2. The highest BCUT2D eigenvalue weighted by Gasteiger charge is 2.10. The van der Waals surface area contributed by atoms with Crippen molar-refractivity contribution in [2.45, 2.75) is 11.8 Å². The second-order valence-electron chi connectivity index (χ2n) is 3.97. The van der Waals surface area contributed by atoms with Crippen molar-refractivity contribution in [1.29, 1.82) is 0 Å². The van der Waals surface area contributed by atoms with Gasteiger partial charge in [0.1, 0.15) is 5.82 Å². The van der Waals surface area contributed by atoms with Crippen LogP contribution in [0.5, 0.6) is 17.4 Å². The normalized spacial score (nSPS) is 10.3. The Balaban J connectivity index is 2.33. The molecule has 2 rings (SSSR count). The van der Waals surface area contributed by atoms with Crippen molar-refractivity contribution < 1.29 is 14.6 Å². The van der Waals surface area contributed by atoms with Crippen LogP contribution in [0.25, 0.3) is 0 Å². The highest BCUT2D eigenvalue weighted by Crippen LogP contribution is 2.32. The molecule has 0 fully saturated rings. The van der Waals surface area contributed by atoms with Gasteiger partial charge in [0.25, 0.3) is 0 Å². The molecule has 1 aromatic carbocycles. The minimum absolute atomic E-state index is 0.0674. The third-order valence-corrected chi connectivity index (χ3v) is 3.19. The summed E-state index contributed by atoms with van der Waals surface area (Å²) in [6, 6.07) is 6.74. The van der Waals surface area contributed by atoms with E-state index in [0.717, 1.165) is 5.56 Å². The van der Waals surface area contributed by atoms with E-state index in [4.69, 9.17) is 20.4 Å². The van der Waals surface area contributed by atoms with Crippen LogP contribution in [0.2, 0.25) is 0 Å². The fraction of sp³-hybridized carbons (Fsp3) is 0.231. The lowest BCUT2D eigenvalue weighted by molar-refractivity contribution is 0.280. The van der Waals surface area contributed by atoms with Crippen LogP contribution in [0.1, 0.15) is 5.56 Å². The molecule has 0 aliphatic carbocycles. The first-order valence-corrected chi connectivity index (χ1v) is 7.28. The second kappa shape index (κ2) is 7.11. The van der Waals surface area contributed by atoms with E-state index in [1.807, 2.05) is 6.26 Å². The molecule has 1 heterocycles. The van der Waals surface area contributed by atoms with E-state index in [2.05, 4.69) is 15.4 Å². The molecule has 8 heteroatoms. The lowest BCUT2D eigenvalue weighted by Gasteiger charge is -2.12. The van der Waals surface area contributed by atoms with Gasteiger partial charge in [0.15, 0.2) is 16.7 Å². The van der Waals surface area contributed by atoms with E-state index < -0.39 is 0 Å². The highest BCUT2D eigenvalue weighted by molar-refractivity contribution is 7.98. The maximum Gasteiger partial charge on any atom is 0.225 e. The molecule has 1 aromatic heterocycles. The van der Waals surface area contributed by atoms with Gasteiger partial charge in [0.2, 0.25) is 5.88 Å². The van der Waals surface area contributed by atoms with Crippen LogP contribution in [0.15, 0.2) is 29.4 Å². The molecule has 0 radical (unpaired) electrons. The number of anilines is 1. The molecule has 7 nitrogen and oxygen atoms in total. The fourth-order valence-corrected chi connectivity index (χ4v) is 2.00. The molecule has 0 aliphatic heterocycles. The summed E-state index contributed by atoms with van der Waals surface area (Å²) in [6.45, 7) is -0.0674. The minimum atomic E-state index is -0.0674. The first kappa shape index (κ1) is 15.4. The Morgan fingerprint density at radius 2 is 2.10 bits per heavy atom. The lowest BCUT2D eigenvalue weighted by Crippen LogP contribution is -2.09. The van der Waals surface area contributed by atoms with E-state index in [9.17, 15) is 0 Å². The number of thioether (sulfide) groups is 1. The number of methoxy groups -OCH3 is 1. The zero-order valence-corrected chi connectivity index (χ0v) is 12.5. The van der Waals surface area contributed by atoms with Gasteiger partial charge in [0.05, 0.1) is 13.7 Å². The first-order valence-electron chi connectivity index (χ1n) is 6.05. The van der Waals surface area contributed by atoms with Gasteiger partial charge in [-0.1, -0.05) is 17.8 Å². The van der Waals surface area contributed by atoms with Gasteiger partial charge in [-0.25, -0.2) is 10.8 Å². The molecule has 0 saturated heterocycles. The zero-order chi connectivity index (χ0) is 15.2. The third-order valence-electron chi connectivity index (χ3n) is 2.64. The number of benzene rings is 1. The Kier molecular flexibility index (Phi) is 5.20. The maximum absolute atomic E-state index is 9.13. The van der Waals surface area contributed by atoms with Gasteiger partial charge >= 0.3 is 0 Å². The molecule has 0 bridgehead atoms. The number of aromatic nitrogens is 2. The molecular formula is C13H16N4O3S. The first-order chi connectivity index (χ1) is 10.2. The van der Waals surface area contributed by atoms with Crippen LogP contribution in [-0.4, -0.2) is 28.4 Å². The predicted octanol–water partition coefficient (Wildman–Crippen LogP) is 1.78. The number of nitrogens with one attached hydrogen (secondary N) is 1. The molecule has 0 amide bonds. The maximum atomic E-state index is 9.13. The number of aliphatic hydroxyl groups is 1. The monoisotopic (exact) mass is 308 g/mol. The number of rotatable bonds is 6.